The number of nitrogens with zero attached hydrogens (tertiary/aromatic N) is 1. The Balaban J connectivity index is 2.64. The fraction of sp³-hybridized carbons (Fsp3) is 1.00. The van der Waals surface area contributed by atoms with E-state index in [4.69, 9.17) is 0 Å². The molecule has 108 valence electrons. The van der Waals surface area contributed by atoms with E-state index in [0.29, 0.717) is 13.1 Å². The Kier molecular flexibility index (Phi) is 6.60. The lowest BCUT2D eigenvalue weighted by Crippen LogP contribution is -2.46. The second-order valence-electron chi connectivity index (χ2n) is 5.37. The molecule has 5 heteroatoms. The van der Waals surface area contributed by atoms with Crippen LogP contribution in [-0.4, -0.2) is 43.6 Å². The van der Waals surface area contributed by atoms with Gasteiger partial charge < -0.3 is 5.32 Å². The van der Waals surface area contributed by atoms with Crippen molar-refractivity contribution < 1.29 is 8.42 Å². The van der Waals surface area contributed by atoms with E-state index in [1.807, 2.05) is 13.8 Å². The third kappa shape index (κ3) is 4.21. The van der Waals surface area contributed by atoms with Crippen molar-refractivity contribution in [3.63, 3.8) is 0 Å². The van der Waals surface area contributed by atoms with Gasteiger partial charge >= 0.3 is 0 Å². The van der Waals surface area contributed by atoms with Crippen molar-refractivity contribution in [2.45, 2.75) is 64.2 Å². The molecule has 18 heavy (non-hydrogen) atoms. The zero-order valence-corrected chi connectivity index (χ0v) is 12.8. The molecule has 1 N–H and O–H groups in total. The molecule has 0 aromatic heterocycles. The Morgan fingerprint density at radius 3 is 2.72 bits per heavy atom. The van der Waals surface area contributed by atoms with Crippen LogP contribution in [0.2, 0.25) is 0 Å². The van der Waals surface area contributed by atoms with Gasteiger partial charge in [-0.3, -0.25) is 0 Å². The van der Waals surface area contributed by atoms with E-state index < -0.39 is 10.0 Å². The summed E-state index contributed by atoms with van der Waals surface area (Å²) in [6.07, 6.45) is 5.33. The van der Waals surface area contributed by atoms with Crippen LogP contribution < -0.4 is 5.32 Å². The Bertz CT molecular complexity index is 330. The van der Waals surface area contributed by atoms with E-state index in [1.54, 1.807) is 4.31 Å². The maximum atomic E-state index is 12.5. The second kappa shape index (κ2) is 7.46. The highest BCUT2D eigenvalue weighted by Gasteiger charge is 2.32. The average molecular weight is 276 g/mol. The van der Waals surface area contributed by atoms with E-state index in [0.717, 1.165) is 38.6 Å². The third-order valence-electron chi connectivity index (χ3n) is 3.69. The number of hydrogen-bond donors (Lipinski definition) is 1. The van der Waals surface area contributed by atoms with Gasteiger partial charge in [-0.15, -0.1) is 0 Å². The third-order valence-corrected chi connectivity index (χ3v) is 6.07. The topological polar surface area (TPSA) is 49.4 Å². The first-order chi connectivity index (χ1) is 8.50. The minimum absolute atomic E-state index is 0.158. The minimum Gasteiger partial charge on any atom is -0.315 e. The first-order valence-corrected chi connectivity index (χ1v) is 8.71. The van der Waals surface area contributed by atoms with Gasteiger partial charge in [-0.05, 0) is 39.7 Å². The number of sulfonamides is 1. The lowest BCUT2D eigenvalue weighted by molar-refractivity contribution is 0.337. The summed E-state index contributed by atoms with van der Waals surface area (Å²) in [5, 5.41) is 2.88. The van der Waals surface area contributed by atoms with Crippen molar-refractivity contribution in [3.8, 4) is 0 Å². The maximum Gasteiger partial charge on any atom is 0.218 e. The minimum atomic E-state index is -3.14. The highest BCUT2D eigenvalue weighted by atomic mass is 32.2. The molecule has 0 amide bonds. The maximum absolute atomic E-state index is 12.5. The van der Waals surface area contributed by atoms with Crippen LogP contribution in [0.4, 0.5) is 0 Å². The van der Waals surface area contributed by atoms with Gasteiger partial charge in [0.05, 0.1) is 5.25 Å². The summed E-state index contributed by atoms with van der Waals surface area (Å²) in [5.74, 6) is 0. The molecule has 1 fully saturated rings. The Hall–Kier alpha value is -0.130. The molecule has 1 rings (SSSR count). The summed E-state index contributed by atoms with van der Waals surface area (Å²) in [6, 6.07) is 0.158. The molecule has 4 nitrogen and oxygen atoms in total. The summed E-state index contributed by atoms with van der Waals surface area (Å²) in [5.41, 5.74) is 0. The standard InChI is InChI=1S/C13H28N2O2S/c1-4-9-14-11-13(3)18(16,17)15-10-7-5-6-8-12(15)2/h12-14H,4-11H2,1-3H3. The van der Waals surface area contributed by atoms with E-state index in [1.165, 1.54) is 0 Å². The van der Waals surface area contributed by atoms with Crippen LogP contribution in [0.3, 0.4) is 0 Å². The van der Waals surface area contributed by atoms with E-state index in [9.17, 15) is 8.42 Å². The Labute approximate surface area is 112 Å². The summed E-state index contributed by atoms with van der Waals surface area (Å²) in [7, 11) is -3.14. The number of rotatable bonds is 6. The summed E-state index contributed by atoms with van der Waals surface area (Å²) in [6.45, 7) is 8.07. The van der Waals surface area contributed by atoms with Crippen LogP contribution in [0.1, 0.15) is 52.9 Å². The van der Waals surface area contributed by atoms with Crippen LogP contribution in [0, 0.1) is 0 Å². The number of hydrogen-bond acceptors (Lipinski definition) is 3. The summed E-state index contributed by atoms with van der Waals surface area (Å²) in [4.78, 5) is 0. The van der Waals surface area contributed by atoms with Crippen LogP contribution >= 0.6 is 0 Å². The molecule has 1 aliphatic rings. The molecule has 0 spiro atoms. The van der Waals surface area contributed by atoms with Crippen molar-refractivity contribution in [1.29, 1.82) is 0 Å². The number of nitrogens with one attached hydrogen (secondary N) is 1. The van der Waals surface area contributed by atoms with E-state index in [2.05, 4.69) is 12.2 Å². The molecule has 0 saturated carbocycles. The Morgan fingerprint density at radius 2 is 2.06 bits per heavy atom. The zero-order chi connectivity index (χ0) is 13.6. The van der Waals surface area contributed by atoms with Gasteiger partial charge in [-0.1, -0.05) is 19.8 Å². The van der Waals surface area contributed by atoms with Gasteiger partial charge in [-0.2, -0.15) is 4.31 Å². The second-order valence-corrected chi connectivity index (χ2v) is 7.67. The van der Waals surface area contributed by atoms with E-state index in [-0.39, 0.29) is 11.3 Å². The van der Waals surface area contributed by atoms with Gasteiger partial charge in [0.25, 0.3) is 0 Å². The van der Waals surface area contributed by atoms with Gasteiger partial charge in [0.2, 0.25) is 10.0 Å². The average Bonchev–Trinajstić information content (AvgIpc) is 2.54. The van der Waals surface area contributed by atoms with Crippen molar-refractivity contribution in [2.75, 3.05) is 19.6 Å². The lowest BCUT2D eigenvalue weighted by Gasteiger charge is -2.29. The fourth-order valence-electron chi connectivity index (χ4n) is 2.45. The van der Waals surface area contributed by atoms with Crippen LogP contribution in [0.25, 0.3) is 0 Å². The van der Waals surface area contributed by atoms with Crippen molar-refractivity contribution in [1.82, 2.24) is 9.62 Å². The van der Waals surface area contributed by atoms with Crippen LogP contribution in [0.5, 0.6) is 0 Å². The fourth-order valence-corrected chi connectivity index (χ4v) is 4.23. The molecule has 1 heterocycles. The van der Waals surface area contributed by atoms with Gasteiger partial charge in [0.1, 0.15) is 0 Å². The SMILES string of the molecule is CCCNCC(C)S(=O)(=O)N1CCCCCC1C. The normalized spacial score (nSPS) is 24.7. The molecule has 0 aromatic carbocycles. The molecule has 0 radical (unpaired) electrons. The van der Waals surface area contributed by atoms with Gasteiger partial charge in [-0.25, -0.2) is 8.42 Å². The lowest BCUT2D eigenvalue weighted by atomic mass is 10.1. The predicted octanol–water partition coefficient (Wildman–Crippen LogP) is 1.97. The molecule has 0 bridgehead atoms. The van der Waals surface area contributed by atoms with Crippen molar-refractivity contribution >= 4 is 10.0 Å². The van der Waals surface area contributed by atoms with Gasteiger partial charge in [0, 0.05) is 19.1 Å². The largest absolute Gasteiger partial charge is 0.315 e. The molecule has 0 aromatic rings. The van der Waals surface area contributed by atoms with Gasteiger partial charge in [0.15, 0.2) is 0 Å². The predicted molar refractivity (Wildman–Crippen MR) is 76.2 cm³/mol. The monoisotopic (exact) mass is 276 g/mol. The Morgan fingerprint density at radius 1 is 1.33 bits per heavy atom. The smallest absolute Gasteiger partial charge is 0.218 e. The molecule has 0 aliphatic carbocycles. The molecule has 1 saturated heterocycles. The summed E-state index contributed by atoms with van der Waals surface area (Å²) < 4.78 is 26.8. The molecule has 2 atom stereocenters. The quantitative estimate of drug-likeness (QED) is 0.755. The summed E-state index contributed by atoms with van der Waals surface area (Å²) >= 11 is 0. The molecule has 1 aliphatic heterocycles. The van der Waals surface area contributed by atoms with Crippen molar-refractivity contribution in [3.05, 3.63) is 0 Å². The zero-order valence-electron chi connectivity index (χ0n) is 12.0. The molecular formula is C13H28N2O2S. The highest BCUT2D eigenvalue weighted by Crippen LogP contribution is 2.21. The first kappa shape index (κ1) is 15.9. The first-order valence-electron chi connectivity index (χ1n) is 7.21. The van der Waals surface area contributed by atoms with Crippen molar-refractivity contribution in [2.24, 2.45) is 0 Å². The highest BCUT2D eigenvalue weighted by molar-refractivity contribution is 7.89. The van der Waals surface area contributed by atoms with Crippen LogP contribution in [0.15, 0.2) is 0 Å². The molecular weight excluding hydrogens is 248 g/mol. The van der Waals surface area contributed by atoms with Crippen LogP contribution in [-0.2, 0) is 10.0 Å². The van der Waals surface area contributed by atoms with E-state index >= 15 is 0 Å². The molecule has 2 unspecified atom stereocenters.